The first kappa shape index (κ1) is 15.4. The van der Waals surface area contributed by atoms with E-state index in [-0.39, 0.29) is 0 Å². The molecule has 1 unspecified atom stereocenters. The molecule has 1 aromatic carbocycles. The summed E-state index contributed by atoms with van der Waals surface area (Å²) < 4.78 is 13.5. The molecule has 0 spiro atoms. The highest BCUT2D eigenvalue weighted by Crippen LogP contribution is 2.21. The Kier molecular flexibility index (Phi) is 4.36. The zero-order valence-corrected chi connectivity index (χ0v) is 14.0. The van der Waals surface area contributed by atoms with Crippen LogP contribution in [0.25, 0.3) is 11.0 Å². The van der Waals surface area contributed by atoms with Gasteiger partial charge in [-0.3, -0.25) is 4.90 Å². The molecule has 0 saturated carbocycles. The SMILES string of the molecule is Cn1ccnc1CN1CCOCC(Cc2ccc3ccoc3c2)C1. The van der Waals surface area contributed by atoms with Crippen LogP contribution >= 0.6 is 0 Å². The number of benzene rings is 1. The normalized spacial score (nSPS) is 19.6. The van der Waals surface area contributed by atoms with Gasteiger partial charge in [-0.05, 0) is 30.0 Å². The highest BCUT2D eigenvalue weighted by Gasteiger charge is 2.20. The van der Waals surface area contributed by atoms with Gasteiger partial charge < -0.3 is 13.7 Å². The second-order valence-electron chi connectivity index (χ2n) is 6.63. The molecule has 0 aliphatic carbocycles. The number of hydrogen-bond donors (Lipinski definition) is 0. The molecule has 3 heterocycles. The molecule has 0 amide bonds. The number of imidazole rings is 1. The highest BCUT2D eigenvalue weighted by atomic mass is 16.5. The van der Waals surface area contributed by atoms with E-state index < -0.39 is 0 Å². The Balaban J connectivity index is 1.44. The van der Waals surface area contributed by atoms with E-state index in [2.05, 4.69) is 32.7 Å². The summed E-state index contributed by atoms with van der Waals surface area (Å²) in [6.07, 6.45) is 6.62. The number of ether oxygens (including phenoxy) is 1. The zero-order chi connectivity index (χ0) is 16.4. The van der Waals surface area contributed by atoms with Crippen LogP contribution in [-0.4, -0.2) is 40.8 Å². The summed E-state index contributed by atoms with van der Waals surface area (Å²) in [5.41, 5.74) is 2.27. The molecule has 0 bridgehead atoms. The first-order valence-electron chi connectivity index (χ1n) is 8.50. The summed E-state index contributed by atoms with van der Waals surface area (Å²) in [5, 5.41) is 1.16. The van der Waals surface area contributed by atoms with E-state index >= 15 is 0 Å². The highest BCUT2D eigenvalue weighted by molar-refractivity contribution is 5.77. The second kappa shape index (κ2) is 6.79. The van der Waals surface area contributed by atoms with Crippen LogP contribution in [0.3, 0.4) is 0 Å². The third-order valence-corrected chi connectivity index (χ3v) is 4.75. The Bertz CT molecular complexity index is 808. The summed E-state index contributed by atoms with van der Waals surface area (Å²) >= 11 is 0. The molecule has 1 fully saturated rings. The summed E-state index contributed by atoms with van der Waals surface area (Å²) in [6, 6.07) is 8.50. The summed E-state index contributed by atoms with van der Waals surface area (Å²) in [5.74, 6) is 1.59. The third-order valence-electron chi connectivity index (χ3n) is 4.75. The number of rotatable bonds is 4. The quantitative estimate of drug-likeness (QED) is 0.740. The molecule has 1 aliphatic rings. The molecule has 3 aromatic rings. The average Bonchev–Trinajstić information content (AvgIpc) is 3.13. The maximum Gasteiger partial charge on any atom is 0.134 e. The van der Waals surface area contributed by atoms with E-state index in [0.29, 0.717) is 5.92 Å². The number of fused-ring (bicyclic) bond motifs is 1. The molecule has 24 heavy (non-hydrogen) atoms. The average molecular weight is 325 g/mol. The fraction of sp³-hybridized carbons (Fsp3) is 0.421. The molecule has 0 N–H and O–H groups in total. The van der Waals surface area contributed by atoms with Gasteiger partial charge >= 0.3 is 0 Å². The number of aryl methyl sites for hydroxylation is 1. The minimum atomic E-state index is 0.486. The van der Waals surface area contributed by atoms with Crippen molar-refractivity contribution < 1.29 is 9.15 Å². The number of nitrogens with zero attached hydrogens (tertiary/aromatic N) is 3. The van der Waals surface area contributed by atoms with Crippen molar-refractivity contribution in [1.82, 2.24) is 14.5 Å². The molecule has 126 valence electrons. The van der Waals surface area contributed by atoms with E-state index in [0.717, 1.165) is 56.1 Å². The van der Waals surface area contributed by atoms with Gasteiger partial charge in [-0.2, -0.15) is 0 Å². The van der Waals surface area contributed by atoms with Crippen molar-refractivity contribution >= 4 is 11.0 Å². The molecule has 0 radical (unpaired) electrons. The number of aromatic nitrogens is 2. The Labute approximate surface area is 141 Å². The fourth-order valence-corrected chi connectivity index (χ4v) is 3.43. The van der Waals surface area contributed by atoms with Crippen molar-refractivity contribution in [3.8, 4) is 0 Å². The smallest absolute Gasteiger partial charge is 0.134 e. The lowest BCUT2D eigenvalue weighted by Gasteiger charge is -2.23. The van der Waals surface area contributed by atoms with Crippen molar-refractivity contribution in [2.24, 2.45) is 13.0 Å². The molecule has 1 atom stereocenters. The van der Waals surface area contributed by atoms with Crippen LogP contribution in [0.2, 0.25) is 0 Å². The molecule has 1 aliphatic heterocycles. The monoisotopic (exact) mass is 325 g/mol. The van der Waals surface area contributed by atoms with Gasteiger partial charge in [0.1, 0.15) is 11.4 Å². The van der Waals surface area contributed by atoms with Crippen molar-refractivity contribution in [2.45, 2.75) is 13.0 Å². The maximum absolute atomic E-state index is 5.84. The molecule has 1 saturated heterocycles. The van der Waals surface area contributed by atoms with Crippen LogP contribution in [0, 0.1) is 5.92 Å². The minimum absolute atomic E-state index is 0.486. The lowest BCUT2D eigenvalue weighted by molar-refractivity contribution is 0.121. The topological polar surface area (TPSA) is 43.4 Å². The number of hydrogen-bond acceptors (Lipinski definition) is 4. The summed E-state index contributed by atoms with van der Waals surface area (Å²) in [4.78, 5) is 6.90. The van der Waals surface area contributed by atoms with E-state index in [1.807, 2.05) is 25.5 Å². The summed E-state index contributed by atoms with van der Waals surface area (Å²) in [7, 11) is 2.05. The van der Waals surface area contributed by atoms with Gasteiger partial charge in [-0.25, -0.2) is 4.98 Å². The minimum Gasteiger partial charge on any atom is -0.464 e. The fourth-order valence-electron chi connectivity index (χ4n) is 3.43. The van der Waals surface area contributed by atoms with Gasteiger partial charge in [0, 0.05) is 37.9 Å². The van der Waals surface area contributed by atoms with Crippen LogP contribution < -0.4 is 0 Å². The third kappa shape index (κ3) is 3.37. The van der Waals surface area contributed by atoms with Crippen molar-refractivity contribution in [3.05, 3.63) is 54.3 Å². The summed E-state index contributed by atoms with van der Waals surface area (Å²) in [6.45, 7) is 4.47. The Hall–Kier alpha value is -2.11. The first-order valence-corrected chi connectivity index (χ1v) is 8.50. The molecule has 2 aromatic heterocycles. The second-order valence-corrected chi connectivity index (χ2v) is 6.63. The van der Waals surface area contributed by atoms with E-state index in [1.54, 1.807) is 6.26 Å². The van der Waals surface area contributed by atoms with Crippen LogP contribution in [-0.2, 0) is 24.8 Å². The standard InChI is InChI=1S/C19H23N3O2/c1-21-6-5-20-19(21)13-22-7-9-23-14-16(12-22)10-15-2-3-17-4-8-24-18(17)11-15/h2-6,8,11,16H,7,9-10,12-14H2,1H3. The molecule has 4 rings (SSSR count). The van der Waals surface area contributed by atoms with Crippen molar-refractivity contribution in [1.29, 1.82) is 0 Å². The predicted molar refractivity (Wildman–Crippen MR) is 92.7 cm³/mol. The van der Waals surface area contributed by atoms with Gasteiger partial charge in [-0.15, -0.1) is 0 Å². The maximum atomic E-state index is 5.84. The van der Waals surface area contributed by atoms with Gasteiger partial charge in [0.2, 0.25) is 0 Å². The van der Waals surface area contributed by atoms with Crippen LogP contribution in [0.1, 0.15) is 11.4 Å². The van der Waals surface area contributed by atoms with E-state index in [4.69, 9.17) is 9.15 Å². The lowest BCUT2D eigenvalue weighted by atomic mass is 9.99. The molecule has 5 nitrogen and oxygen atoms in total. The van der Waals surface area contributed by atoms with Crippen molar-refractivity contribution in [2.75, 3.05) is 26.3 Å². The Morgan fingerprint density at radius 1 is 1.29 bits per heavy atom. The van der Waals surface area contributed by atoms with Crippen molar-refractivity contribution in [3.63, 3.8) is 0 Å². The lowest BCUT2D eigenvalue weighted by Crippen LogP contribution is -2.31. The van der Waals surface area contributed by atoms with Crippen LogP contribution in [0.15, 0.2) is 47.3 Å². The van der Waals surface area contributed by atoms with E-state index in [1.165, 1.54) is 5.56 Å². The van der Waals surface area contributed by atoms with Gasteiger partial charge in [0.05, 0.1) is 26.0 Å². The van der Waals surface area contributed by atoms with Gasteiger partial charge in [-0.1, -0.05) is 12.1 Å². The Morgan fingerprint density at radius 3 is 3.12 bits per heavy atom. The zero-order valence-electron chi connectivity index (χ0n) is 14.0. The Morgan fingerprint density at radius 2 is 2.25 bits per heavy atom. The first-order chi connectivity index (χ1) is 11.8. The van der Waals surface area contributed by atoms with Crippen LogP contribution in [0.5, 0.6) is 0 Å². The van der Waals surface area contributed by atoms with Crippen LogP contribution in [0.4, 0.5) is 0 Å². The molecular weight excluding hydrogens is 302 g/mol. The number of furan rings is 1. The van der Waals surface area contributed by atoms with Gasteiger partial charge in [0.25, 0.3) is 0 Å². The van der Waals surface area contributed by atoms with E-state index in [9.17, 15) is 0 Å². The molecule has 5 heteroatoms. The predicted octanol–water partition coefficient (Wildman–Crippen LogP) is 2.86. The largest absolute Gasteiger partial charge is 0.464 e. The molecular formula is C19H23N3O2. The van der Waals surface area contributed by atoms with Gasteiger partial charge in [0.15, 0.2) is 0 Å².